The Labute approximate surface area is 60.2 Å². The smallest absolute Gasteiger partial charge is 0.338 e. The molecular weight excluding hydrogens is 130 g/mol. The van der Waals surface area contributed by atoms with Gasteiger partial charge in [-0.2, -0.15) is 0 Å². The highest BCUT2D eigenvalue weighted by atomic mass is 16.5. The van der Waals surface area contributed by atoms with Gasteiger partial charge in [0.05, 0.1) is 6.54 Å². The predicted octanol–water partition coefficient (Wildman–Crippen LogP) is 0.578. The molecular formula is C7H11NO2. The number of nitrogens with two attached hydrogens (primary N) is 1. The minimum absolute atomic E-state index is 0.152. The van der Waals surface area contributed by atoms with Gasteiger partial charge in [-0.15, -0.1) is 0 Å². The molecule has 0 heterocycles. The Morgan fingerprint density at radius 1 is 1.60 bits per heavy atom. The zero-order valence-electron chi connectivity index (χ0n) is 6.02. The normalized spacial score (nSPS) is 8.60. The molecule has 0 aromatic carbocycles. The first-order chi connectivity index (χ1) is 4.57. The van der Waals surface area contributed by atoms with Gasteiger partial charge in [0.25, 0.3) is 0 Å². The second-order valence-corrected chi connectivity index (χ2v) is 1.91. The van der Waals surface area contributed by atoms with Gasteiger partial charge in [-0.25, -0.2) is 4.79 Å². The average Bonchev–Trinajstić information content (AvgIpc) is 1.87. The van der Waals surface area contributed by atoms with Gasteiger partial charge in [-0.1, -0.05) is 13.2 Å². The number of esters is 1. The van der Waals surface area contributed by atoms with Gasteiger partial charge in [0.1, 0.15) is 5.76 Å². The summed E-state index contributed by atoms with van der Waals surface area (Å²) in [6, 6.07) is 0. The molecule has 2 N–H and O–H groups in total. The number of rotatable bonds is 3. The second kappa shape index (κ2) is 3.85. The van der Waals surface area contributed by atoms with Crippen LogP contribution in [0.4, 0.5) is 0 Å². The van der Waals surface area contributed by atoms with Gasteiger partial charge < -0.3 is 10.5 Å². The summed E-state index contributed by atoms with van der Waals surface area (Å²) in [5.74, 6) is -0.219. The Hall–Kier alpha value is -1.09. The van der Waals surface area contributed by atoms with Crippen molar-refractivity contribution in [3.63, 3.8) is 0 Å². The van der Waals surface area contributed by atoms with E-state index in [0.717, 1.165) is 0 Å². The monoisotopic (exact) mass is 141 g/mol. The van der Waals surface area contributed by atoms with E-state index in [0.29, 0.717) is 5.57 Å². The molecule has 0 spiro atoms. The van der Waals surface area contributed by atoms with E-state index in [2.05, 4.69) is 17.9 Å². The van der Waals surface area contributed by atoms with Crippen LogP contribution in [0.3, 0.4) is 0 Å². The number of carbonyl (C=O) groups is 1. The average molecular weight is 141 g/mol. The number of carbonyl (C=O) groups excluding carboxylic acids is 1. The van der Waals surface area contributed by atoms with E-state index in [1.165, 1.54) is 0 Å². The quantitative estimate of drug-likeness (QED) is 0.355. The Bertz CT molecular complexity index is 172. The second-order valence-electron chi connectivity index (χ2n) is 1.91. The summed E-state index contributed by atoms with van der Waals surface area (Å²) in [5.41, 5.74) is 5.46. The highest BCUT2D eigenvalue weighted by Crippen LogP contribution is 1.97. The molecule has 0 bridgehead atoms. The van der Waals surface area contributed by atoms with Crippen LogP contribution >= 0.6 is 0 Å². The van der Waals surface area contributed by atoms with E-state index < -0.39 is 5.97 Å². The lowest BCUT2D eigenvalue weighted by atomic mass is 10.4. The van der Waals surface area contributed by atoms with Gasteiger partial charge in [-0.05, 0) is 6.92 Å². The summed E-state index contributed by atoms with van der Waals surface area (Å²) in [6.07, 6.45) is 0. The fraction of sp³-hybridized carbons (Fsp3) is 0.286. The molecule has 0 aliphatic rings. The van der Waals surface area contributed by atoms with Crippen LogP contribution < -0.4 is 5.73 Å². The molecule has 0 atom stereocenters. The molecule has 10 heavy (non-hydrogen) atoms. The first-order valence-corrected chi connectivity index (χ1v) is 2.83. The third kappa shape index (κ3) is 3.04. The van der Waals surface area contributed by atoms with Gasteiger partial charge in [0.2, 0.25) is 0 Å². The zero-order chi connectivity index (χ0) is 8.15. The molecule has 56 valence electrons. The van der Waals surface area contributed by atoms with Crippen LogP contribution in [0.25, 0.3) is 0 Å². The number of ether oxygens (including phenoxy) is 1. The largest absolute Gasteiger partial charge is 0.427 e. The molecule has 0 unspecified atom stereocenters. The van der Waals surface area contributed by atoms with Crippen molar-refractivity contribution >= 4 is 5.97 Å². The van der Waals surface area contributed by atoms with Crippen molar-refractivity contribution in [2.24, 2.45) is 5.73 Å². The van der Waals surface area contributed by atoms with Gasteiger partial charge in [-0.3, -0.25) is 0 Å². The van der Waals surface area contributed by atoms with Gasteiger partial charge >= 0.3 is 5.97 Å². The molecule has 0 aromatic heterocycles. The van der Waals surface area contributed by atoms with Crippen LogP contribution in [0.1, 0.15) is 6.92 Å². The molecule has 0 aromatic rings. The fourth-order valence-corrected chi connectivity index (χ4v) is 0.260. The minimum atomic E-state index is -0.476. The standard InChI is InChI=1S/C7H11NO2/c1-5(2)7(9)10-6(3)4-8/h1,3-4,8H2,2H3. The maximum absolute atomic E-state index is 10.7. The molecule has 3 heteroatoms. The Morgan fingerprint density at radius 2 is 2.10 bits per heavy atom. The van der Waals surface area contributed by atoms with Crippen LogP contribution in [0.5, 0.6) is 0 Å². The lowest BCUT2D eigenvalue weighted by Gasteiger charge is -2.02. The maximum atomic E-state index is 10.7. The highest BCUT2D eigenvalue weighted by molar-refractivity contribution is 5.87. The fourth-order valence-electron chi connectivity index (χ4n) is 0.260. The van der Waals surface area contributed by atoms with E-state index in [9.17, 15) is 4.79 Å². The molecule has 0 aliphatic carbocycles. The summed E-state index contributed by atoms with van der Waals surface area (Å²) < 4.78 is 4.60. The predicted molar refractivity (Wildman–Crippen MR) is 39.1 cm³/mol. The first kappa shape index (κ1) is 8.91. The topological polar surface area (TPSA) is 52.3 Å². The van der Waals surface area contributed by atoms with E-state index >= 15 is 0 Å². The van der Waals surface area contributed by atoms with Crippen molar-refractivity contribution in [3.8, 4) is 0 Å². The first-order valence-electron chi connectivity index (χ1n) is 2.83. The summed E-state index contributed by atoms with van der Waals surface area (Å²) in [4.78, 5) is 10.7. The maximum Gasteiger partial charge on any atom is 0.338 e. The van der Waals surface area contributed by atoms with Crippen molar-refractivity contribution in [1.29, 1.82) is 0 Å². The van der Waals surface area contributed by atoms with Crippen LogP contribution in [-0.4, -0.2) is 12.5 Å². The zero-order valence-corrected chi connectivity index (χ0v) is 6.02. The van der Waals surface area contributed by atoms with Crippen molar-refractivity contribution < 1.29 is 9.53 Å². The van der Waals surface area contributed by atoms with Crippen LogP contribution in [-0.2, 0) is 9.53 Å². The molecule has 0 amide bonds. The van der Waals surface area contributed by atoms with Crippen molar-refractivity contribution in [1.82, 2.24) is 0 Å². The third-order valence-electron chi connectivity index (χ3n) is 0.813. The lowest BCUT2D eigenvalue weighted by Crippen LogP contribution is -2.10. The molecule has 0 rings (SSSR count). The Kier molecular flexibility index (Phi) is 3.43. The van der Waals surface area contributed by atoms with Crippen LogP contribution in [0, 0.1) is 0 Å². The van der Waals surface area contributed by atoms with Crippen molar-refractivity contribution in [2.45, 2.75) is 6.92 Å². The third-order valence-corrected chi connectivity index (χ3v) is 0.813. The molecule has 0 saturated heterocycles. The number of hydrogen-bond acceptors (Lipinski definition) is 3. The van der Waals surface area contributed by atoms with E-state index in [-0.39, 0.29) is 12.3 Å². The van der Waals surface area contributed by atoms with Gasteiger partial charge in [0.15, 0.2) is 0 Å². The Balaban J connectivity index is 3.80. The SMILES string of the molecule is C=C(CN)OC(=O)C(=C)C. The minimum Gasteiger partial charge on any atom is -0.427 e. The Morgan fingerprint density at radius 3 is 2.40 bits per heavy atom. The van der Waals surface area contributed by atoms with E-state index in [1.54, 1.807) is 6.92 Å². The van der Waals surface area contributed by atoms with Gasteiger partial charge in [0, 0.05) is 5.57 Å². The summed E-state index contributed by atoms with van der Waals surface area (Å²) in [7, 11) is 0. The number of hydrogen-bond donors (Lipinski definition) is 1. The summed E-state index contributed by atoms with van der Waals surface area (Å²) >= 11 is 0. The van der Waals surface area contributed by atoms with Crippen molar-refractivity contribution in [2.75, 3.05) is 6.54 Å². The van der Waals surface area contributed by atoms with E-state index in [4.69, 9.17) is 5.73 Å². The lowest BCUT2D eigenvalue weighted by molar-refractivity contribution is -0.134. The molecule has 0 radical (unpaired) electrons. The molecule has 0 aliphatic heterocycles. The van der Waals surface area contributed by atoms with Crippen molar-refractivity contribution in [3.05, 3.63) is 24.5 Å². The summed E-state index contributed by atoms with van der Waals surface area (Å²) in [5, 5.41) is 0. The van der Waals surface area contributed by atoms with Crippen LogP contribution in [0.2, 0.25) is 0 Å². The molecule has 3 nitrogen and oxygen atoms in total. The summed E-state index contributed by atoms with van der Waals surface area (Å²) in [6.45, 7) is 8.49. The van der Waals surface area contributed by atoms with E-state index in [1.807, 2.05) is 0 Å². The van der Waals surface area contributed by atoms with Crippen LogP contribution in [0.15, 0.2) is 24.5 Å². The molecule has 0 fully saturated rings. The highest BCUT2D eigenvalue weighted by Gasteiger charge is 2.03. The molecule has 0 saturated carbocycles.